The molecule has 1 heterocycles. The van der Waals surface area contributed by atoms with Gasteiger partial charge in [0.05, 0.1) is 19.0 Å². The average molecular weight is 245 g/mol. The Morgan fingerprint density at radius 2 is 2.20 bits per heavy atom. The number of anilines is 1. The van der Waals surface area contributed by atoms with Crippen LogP contribution in [0.3, 0.4) is 0 Å². The van der Waals surface area contributed by atoms with Gasteiger partial charge in [0.1, 0.15) is 0 Å². The quantitative estimate of drug-likeness (QED) is 0.642. The van der Waals surface area contributed by atoms with E-state index in [1.807, 2.05) is 12.1 Å². The molecule has 1 rings (SSSR count). The molecule has 0 spiro atoms. The number of rotatable bonds is 1. The zero-order valence-electron chi connectivity index (χ0n) is 8.01. The Balaban J connectivity index is 0.000000423. The van der Waals surface area contributed by atoms with Crippen molar-refractivity contribution in [2.24, 2.45) is 5.73 Å². The van der Waals surface area contributed by atoms with Gasteiger partial charge in [-0.3, -0.25) is 4.98 Å². The van der Waals surface area contributed by atoms with Crippen molar-refractivity contribution >= 4 is 40.5 Å². The van der Waals surface area contributed by atoms with Crippen LogP contribution in [0.25, 0.3) is 0 Å². The van der Waals surface area contributed by atoms with Gasteiger partial charge in [0.25, 0.3) is 10.3 Å². The van der Waals surface area contributed by atoms with E-state index in [4.69, 9.17) is 22.1 Å². The summed E-state index contributed by atoms with van der Waals surface area (Å²) in [5.41, 5.74) is 5.23. The van der Waals surface area contributed by atoms with Gasteiger partial charge in [-0.25, -0.2) is 0 Å². The molecule has 0 unspecified atom stereocenters. The van der Waals surface area contributed by atoms with Gasteiger partial charge in [0, 0.05) is 6.20 Å². The lowest BCUT2D eigenvalue weighted by Crippen LogP contribution is -2.10. The van der Waals surface area contributed by atoms with E-state index in [0.717, 1.165) is 5.69 Å². The van der Waals surface area contributed by atoms with E-state index in [1.54, 1.807) is 12.4 Å². The van der Waals surface area contributed by atoms with Gasteiger partial charge >= 0.3 is 0 Å². The number of ether oxygens (including phenoxy) is 1. The van der Waals surface area contributed by atoms with Crippen LogP contribution in [0.2, 0.25) is 0 Å². The maximum Gasteiger partial charge on any atom is 0.260 e. The van der Waals surface area contributed by atoms with Crippen molar-refractivity contribution < 1.29 is 9.84 Å². The highest BCUT2D eigenvalue weighted by Crippen LogP contribution is 2.02. The maximum absolute atomic E-state index is 7.56. The molecule has 0 saturated carbocycles. The lowest BCUT2D eigenvalue weighted by atomic mass is 10.4. The average Bonchev–Trinajstić information content (AvgIpc) is 2.18. The Hall–Kier alpha value is -1.47. The largest absolute Gasteiger partial charge is 0.487 e. The Bertz CT molecular complexity index is 315. The molecule has 0 aromatic carbocycles. The summed E-state index contributed by atoms with van der Waals surface area (Å²) in [4.78, 5) is 3.89. The van der Waals surface area contributed by atoms with Crippen LogP contribution in [0.5, 0.6) is 0 Å². The van der Waals surface area contributed by atoms with Crippen molar-refractivity contribution in [3.63, 3.8) is 0 Å². The number of nitrogens with zero attached hydrogens (tertiary/aromatic N) is 1. The van der Waals surface area contributed by atoms with Gasteiger partial charge in [-0.2, -0.15) is 0 Å². The molecule has 0 fully saturated rings. The summed E-state index contributed by atoms with van der Waals surface area (Å²) >= 11 is 8.65. The summed E-state index contributed by atoms with van der Waals surface area (Å²) in [6, 6.07) is 3.68. The molecule has 82 valence electrons. The van der Waals surface area contributed by atoms with Crippen LogP contribution in [0.4, 0.5) is 5.69 Å². The highest BCUT2D eigenvalue weighted by molar-refractivity contribution is 7.80. The number of methoxy groups -OCH3 is 1. The van der Waals surface area contributed by atoms with Crippen LogP contribution >= 0.6 is 24.4 Å². The molecule has 0 bridgehead atoms. The first-order valence-corrected chi connectivity index (χ1v) is 4.61. The summed E-state index contributed by atoms with van der Waals surface area (Å²) in [5.74, 6) is 0. The van der Waals surface area contributed by atoms with Crippen LogP contribution in [-0.2, 0) is 4.74 Å². The molecular formula is C8H11N3O2S2. The molecular weight excluding hydrogens is 234 g/mol. The second kappa shape index (κ2) is 7.89. The normalized spacial score (nSPS) is 8.07. The highest BCUT2D eigenvalue weighted by Gasteiger charge is 1.93. The van der Waals surface area contributed by atoms with Gasteiger partial charge in [0.2, 0.25) is 0 Å². The molecule has 0 radical (unpaired) electrons. The fourth-order valence-corrected chi connectivity index (χ4v) is 0.723. The number of hydrogen-bond acceptors (Lipinski definition) is 4. The van der Waals surface area contributed by atoms with Crippen LogP contribution in [0.15, 0.2) is 24.5 Å². The van der Waals surface area contributed by atoms with Crippen molar-refractivity contribution in [1.82, 2.24) is 4.98 Å². The van der Waals surface area contributed by atoms with Crippen molar-refractivity contribution in [3.8, 4) is 0 Å². The third kappa shape index (κ3) is 8.85. The lowest BCUT2D eigenvalue weighted by Gasteiger charge is -2.03. The third-order valence-electron chi connectivity index (χ3n) is 1.09. The maximum atomic E-state index is 7.56. The molecule has 7 heteroatoms. The SMILES string of the molecule is COC(=S)Nc1cccnc1.NC(O)=S. The summed E-state index contributed by atoms with van der Waals surface area (Å²) in [7, 11) is 1.52. The first kappa shape index (κ1) is 13.5. The molecule has 5 nitrogen and oxygen atoms in total. The summed E-state index contributed by atoms with van der Waals surface area (Å²) in [6.07, 6.45) is 3.37. The Kier molecular flexibility index (Phi) is 7.12. The van der Waals surface area contributed by atoms with Crippen molar-refractivity contribution in [2.45, 2.75) is 0 Å². The smallest absolute Gasteiger partial charge is 0.260 e. The molecule has 1 aromatic heterocycles. The minimum atomic E-state index is -0.500. The van der Waals surface area contributed by atoms with E-state index < -0.39 is 5.17 Å². The van der Waals surface area contributed by atoms with E-state index in [1.165, 1.54) is 7.11 Å². The van der Waals surface area contributed by atoms with Gasteiger partial charge in [0.15, 0.2) is 0 Å². The Labute approximate surface area is 98.3 Å². The number of pyridine rings is 1. The highest BCUT2D eigenvalue weighted by atomic mass is 32.1. The van der Waals surface area contributed by atoms with Gasteiger partial charge in [-0.05, 0) is 36.6 Å². The molecule has 0 atom stereocenters. The first-order valence-electron chi connectivity index (χ1n) is 3.79. The molecule has 0 saturated heterocycles. The topological polar surface area (TPSA) is 80.4 Å². The van der Waals surface area contributed by atoms with Crippen LogP contribution in [0, 0.1) is 0 Å². The predicted octanol–water partition coefficient (Wildman–Crippen LogP) is 1.21. The van der Waals surface area contributed by atoms with E-state index in [-0.39, 0.29) is 0 Å². The zero-order valence-corrected chi connectivity index (χ0v) is 9.64. The minimum Gasteiger partial charge on any atom is -0.487 e. The first-order chi connectivity index (χ1) is 7.06. The molecule has 0 aliphatic carbocycles. The number of aliphatic hydroxyl groups is 1. The van der Waals surface area contributed by atoms with Gasteiger partial charge < -0.3 is 20.9 Å². The Morgan fingerprint density at radius 3 is 2.60 bits per heavy atom. The van der Waals surface area contributed by atoms with Gasteiger partial charge in [-0.1, -0.05) is 0 Å². The Morgan fingerprint density at radius 1 is 1.60 bits per heavy atom. The van der Waals surface area contributed by atoms with E-state index in [0.29, 0.717) is 5.17 Å². The number of thiocarbonyl (C=S) groups is 2. The van der Waals surface area contributed by atoms with E-state index >= 15 is 0 Å². The third-order valence-corrected chi connectivity index (χ3v) is 1.36. The molecule has 0 amide bonds. The number of nitrogens with two attached hydrogens (primary N) is 1. The molecule has 1 aromatic rings. The molecule has 0 aliphatic rings. The predicted molar refractivity (Wildman–Crippen MR) is 66.9 cm³/mol. The van der Waals surface area contributed by atoms with Crippen LogP contribution < -0.4 is 11.1 Å². The number of aliphatic hydroxyl groups excluding tert-OH is 1. The number of nitrogens with one attached hydrogen (secondary N) is 1. The van der Waals surface area contributed by atoms with Gasteiger partial charge in [-0.15, -0.1) is 0 Å². The summed E-state index contributed by atoms with van der Waals surface area (Å²) in [6.45, 7) is 0. The standard InChI is InChI=1S/C7H8N2OS.CH3NOS/c1-10-7(11)9-6-3-2-4-8-5-6;2-1(3)4/h2-5H,1H3,(H,9,11);(H3,2,3,4). The van der Waals surface area contributed by atoms with Crippen molar-refractivity contribution in [1.29, 1.82) is 0 Å². The molecule has 4 N–H and O–H groups in total. The monoisotopic (exact) mass is 245 g/mol. The lowest BCUT2D eigenvalue weighted by molar-refractivity contribution is 0.413. The second-order valence-corrected chi connectivity index (χ2v) is 2.99. The van der Waals surface area contributed by atoms with E-state index in [9.17, 15) is 0 Å². The number of hydrogen-bond donors (Lipinski definition) is 3. The molecule has 0 aliphatic heterocycles. The number of aromatic nitrogens is 1. The summed E-state index contributed by atoms with van der Waals surface area (Å²) < 4.78 is 4.75. The van der Waals surface area contributed by atoms with Crippen molar-refractivity contribution in [2.75, 3.05) is 12.4 Å². The van der Waals surface area contributed by atoms with E-state index in [2.05, 4.69) is 28.3 Å². The fraction of sp³-hybridized carbons (Fsp3) is 0.125. The zero-order chi connectivity index (χ0) is 11.7. The molecule has 15 heavy (non-hydrogen) atoms. The second-order valence-electron chi connectivity index (χ2n) is 2.20. The fourth-order valence-electron chi connectivity index (χ4n) is 0.606. The van der Waals surface area contributed by atoms with Crippen LogP contribution in [0.1, 0.15) is 0 Å². The van der Waals surface area contributed by atoms with Crippen molar-refractivity contribution in [3.05, 3.63) is 24.5 Å². The van der Waals surface area contributed by atoms with Crippen LogP contribution in [-0.4, -0.2) is 27.5 Å². The minimum absolute atomic E-state index is 0.345. The summed E-state index contributed by atoms with van der Waals surface area (Å²) in [5, 5.41) is 10.2.